The van der Waals surface area contributed by atoms with Gasteiger partial charge in [-0.3, -0.25) is 4.79 Å². The van der Waals surface area contributed by atoms with E-state index in [0.717, 1.165) is 0 Å². The summed E-state index contributed by atoms with van der Waals surface area (Å²) < 4.78 is 4.91. The third-order valence-corrected chi connectivity index (χ3v) is 2.83. The lowest BCUT2D eigenvalue weighted by Crippen LogP contribution is -2.44. The molecule has 0 aromatic rings. The Kier molecular flexibility index (Phi) is 8.11. The van der Waals surface area contributed by atoms with Crippen LogP contribution < -0.4 is 5.32 Å². The van der Waals surface area contributed by atoms with Gasteiger partial charge in [-0.1, -0.05) is 13.8 Å². The minimum absolute atomic E-state index is 0.0168. The molecular formula is C12H24N2O4. The van der Waals surface area contributed by atoms with Crippen LogP contribution >= 0.6 is 0 Å². The molecule has 0 spiro atoms. The molecule has 0 aromatic heterocycles. The van der Waals surface area contributed by atoms with E-state index in [0.29, 0.717) is 19.7 Å². The summed E-state index contributed by atoms with van der Waals surface area (Å²) in [6, 6.07) is -0.249. The van der Waals surface area contributed by atoms with Gasteiger partial charge in [0.05, 0.1) is 12.5 Å². The molecule has 6 heteroatoms. The van der Waals surface area contributed by atoms with Gasteiger partial charge in [-0.05, 0) is 12.8 Å². The van der Waals surface area contributed by atoms with Crippen molar-refractivity contribution in [1.29, 1.82) is 0 Å². The second-order valence-corrected chi connectivity index (χ2v) is 4.45. The third kappa shape index (κ3) is 5.86. The Morgan fingerprint density at radius 2 is 2.00 bits per heavy atom. The van der Waals surface area contributed by atoms with Crippen molar-refractivity contribution in [2.24, 2.45) is 11.8 Å². The van der Waals surface area contributed by atoms with Gasteiger partial charge in [-0.2, -0.15) is 0 Å². The summed E-state index contributed by atoms with van der Waals surface area (Å²) in [7, 11) is 1.57. The summed E-state index contributed by atoms with van der Waals surface area (Å²) in [5, 5.41) is 11.7. The first-order chi connectivity index (χ1) is 8.43. The first-order valence-corrected chi connectivity index (χ1v) is 6.18. The molecule has 0 radical (unpaired) electrons. The second kappa shape index (κ2) is 8.74. The van der Waals surface area contributed by atoms with Crippen molar-refractivity contribution in [3.8, 4) is 0 Å². The van der Waals surface area contributed by atoms with Crippen LogP contribution in [0.5, 0.6) is 0 Å². The van der Waals surface area contributed by atoms with E-state index in [1.165, 1.54) is 0 Å². The average molecular weight is 260 g/mol. The van der Waals surface area contributed by atoms with Crippen molar-refractivity contribution in [3.05, 3.63) is 0 Å². The van der Waals surface area contributed by atoms with Crippen LogP contribution in [0.3, 0.4) is 0 Å². The van der Waals surface area contributed by atoms with Gasteiger partial charge in [0.15, 0.2) is 0 Å². The number of nitrogens with one attached hydrogen (secondary N) is 1. The molecule has 0 aromatic carbocycles. The Labute approximate surface area is 108 Å². The molecule has 106 valence electrons. The summed E-state index contributed by atoms with van der Waals surface area (Å²) >= 11 is 0. The fraction of sp³-hybridized carbons (Fsp3) is 0.833. The highest BCUT2D eigenvalue weighted by Gasteiger charge is 2.22. The average Bonchev–Trinajstić information content (AvgIpc) is 2.29. The van der Waals surface area contributed by atoms with Crippen LogP contribution in [-0.4, -0.2) is 55.4 Å². The number of carboxylic acid groups (broad SMARTS) is 1. The van der Waals surface area contributed by atoms with Crippen molar-refractivity contribution in [3.63, 3.8) is 0 Å². The number of carboxylic acids is 1. The molecule has 0 rings (SSSR count). The Balaban J connectivity index is 4.24. The highest BCUT2D eigenvalue weighted by atomic mass is 16.5. The van der Waals surface area contributed by atoms with E-state index < -0.39 is 11.9 Å². The molecular weight excluding hydrogens is 236 g/mol. The number of likely N-dealkylation sites (N-methyl/N-ethyl adjacent to an activating group) is 1. The lowest BCUT2D eigenvalue weighted by Gasteiger charge is -2.23. The lowest BCUT2D eigenvalue weighted by molar-refractivity contribution is -0.142. The van der Waals surface area contributed by atoms with E-state index >= 15 is 0 Å². The number of amides is 2. The molecule has 0 aliphatic carbocycles. The number of rotatable bonds is 8. The minimum Gasteiger partial charge on any atom is -0.481 e. The second-order valence-electron chi connectivity index (χ2n) is 4.45. The van der Waals surface area contributed by atoms with Gasteiger partial charge in [0, 0.05) is 26.7 Å². The first kappa shape index (κ1) is 16.7. The number of carbonyl (C=O) groups is 2. The summed E-state index contributed by atoms with van der Waals surface area (Å²) in [4.78, 5) is 24.4. The molecule has 2 amide bonds. The molecule has 6 nitrogen and oxygen atoms in total. The number of urea groups is 1. The van der Waals surface area contributed by atoms with E-state index in [1.54, 1.807) is 12.0 Å². The van der Waals surface area contributed by atoms with Gasteiger partial charge < -0.3 is 20.1 Å². The SMILES string of the molecule is CCN(CCOC)C(=O)NCC(C(=O)O)C(C)C. The molecule has 0 aliphatic heterocycles. The molecule has 1 unspecified atom stereocenters. The zero-order valence-corrected chi connectivity index (χ0v) is 11.6. The maximum Gasteiger partial charge on any atom is 0.317 e. The van der Waals surface area contributed by atoms with Crippen LogP contribution in [0.25, 0.3) is 0 Å². The standard InChI is InChI=1S/C12H24N2O4/c1-5-14(6-7-18-4)12(17)13-8-10(9(2)3)11(15)16/h9-10H,5-8H2,1-4H3,(H,13,17)(H,15,16). The minimum atomic E-state index is -0.884. The number of methoxy groups -OCH3 is 1. The summed E-state index contributed by atoms with van der Waals surface area (Å²) in [6.07, 6.45) is 0. The molecule has 0 fully saturated rings. The fourth-order valence-electron chi connectivity index (χ4n) is 1.52. The van der Waals surface area contributed by atoms with E-state index in [4.69, 9.17) is 9.84 Å². The van der Waals surface area contributed by atoms with Crippen molar-refractivity contribution < 1.29 is 19.4 Å². The molecule has 0 saturated carbocycles. The van der Waals surface area contributed by atoms with E-state index in [2.05, 4.69) is 5.32 Å². The van der Waals surface area contributed by atoms with Gasteiger partial charge in [0.2, 0.25) is 0 Å². The maximum absolute atomic E-state index is 11.8. The molecule has 0 heterocycles. The van der Waals surface area contributed by atoms with Gasteiger partial charge in [0.1, 0.15) is 0 Å². The maximum atomic E-state index is 11.8. The normalized spacial score (nSPS) is 12.3. The van der Waals surface area contributed by atoms with Crippen LogP contribution in [0.2, 0.25) is 0 Å². The Hall–Kier alpha value is -1.30. The van der Waals surface area contributed by atoms with Gasteiger partial charge in [0.25, 0.3) is 0 Å². The zero-order valence-electron chi connectivity index (χ0n) is 11.6. The zero-order chi connectivity index (χ0) is 14.1. The van der Waals surface area contributed by atoms with Crippen LogP contribution in [0.4, 0.5) is 4.79 Å². The summed E-state index contributed by atoms with van der Waals surface area (Å²) in [6.45, 7) is 7.20. The number of hydrogen-bond acceptors (Lipinski definition) is 3. The molecule has 0 bridgehead atoms. The van der Waals surface area contributed by atoms with Crippen molar-refractivity contribution in [1.82, 2.24) is 10.2 Å². The lowest BCUT2D eigenvalue weighted by atomic mass is 9.96. The van der Waals surface area contributed by atoms with E-state index in [9.17, 15) is 9.59 Å². The molecule has 0 saturated heterocycles. The topological polar surface area (TPSA) is 78.9 Å². The number of carbonyl (C=O) groups excluding carboxylic acids is 1. The highest BCUT2D eigenvalue weighted by molar-refractivity contribution is 5.76. The highest BCUT2D eigenvalue weighted by Crippen LogP contribution is 2.09. The quantitative estimate of drug-likeness (QED) is 0.683. The van der Waals surface area contributed by atoms with E-state index in [-0.39, 0.29) is 18.5 Å². The number of hydrogen-bond donors (Lipinski definition) is 2. The predicted octanol–water partition coefficient (Wildman–Crippen LogP) is 1.02. The molecule has 0 aliphatic rings. The summed E-state index contributed by atoms with van der Waals surface area (Å²) in [5.74, 6) is -1.46. The molecule has 2 N–H and O–H groups in total. The van der Waals surface area contributed by atoms with Crippen molar-refractivity contribution in [2.75, 3.05) is 33.4 Å². The van der Waals surface area contributed by atoms with Crippen molar-refractivity contribution >= 4 is 12.0 Å². The number of aliphatic carboxylic acids is 1. The van der Waals surface area contributed by atoms with Crippen molar-refractivity contribution in [2.45, 2.75) is 20.8 Å². The predicted molar refractivity (Wildman–Crippen MR) is 68.5 cm³/mol. The van der Waals surface area contributed by atoms with Crippen LogP contribution in [0.1, 0.15) is 20.8 Å². The van der Waals surface area contributed by atoms with Gasteiger partial charge in [-0.15, -0.1) is 0 Å². The monoisotopic (exact) mass is 260 g/mol. The van der Waals surface area contributed by atoms with Gasteiger partial charge in [-0.25, -0.2) is 4.79 Å². The Morgan fingerprint density at radius 3 is 2.39 bits per heavy atom. The number of nitrogens with zero attached hydrogens (tertiary/aromatic N) is 1. The molecule has 1 atom stereocenters. The molecule has 18 heavy (non-hydrogen) atoms. The Morgan fingerprint density at radius 1 is 1.39 bits per heavy atom. The largest absolute Gasteiger partial charge is 0.481 e. The van der Waals surface area contributed by atoms with Crippen LogP contribution in [0.15, 0.2) is 0 Å². The van der Waals surface area contributed by atoms with Crippen LogP contribution in [0, 0.1) is 11.8 Å². The smallest absolute Gasteiger partial charge is 0.317 e. The first-order valence-electron chi connectivity index (χ1n) is 6.18. The fourth-order valence-corrected chi connectivity index (χ4v) is 1.52. The number of ether oxygens (including phenoxy) is 1. The van der Waals surface area contributed by atoms with Crippen LogP contribution in [-0.2, 0) is 9.53 Å². The van der Waals surface area contributed by atoms with E-state index in [1.807, 2.05) is 20.8 Å². The van der Waals surface area contributed by atoms with Gasteiger partial charge >= 0.3 is 12.0 Å². The Bertz CT molecular complexity index is 269. The summed E-state index contributed by atoms with van der Waals surface area (Å²) in [5.41, 5.74) is 0. The third-order valence-electron chi connectivity index (χ3n) is 2.83.